The van der Waals surface area contributed by atoms with Gasteiger partial charge in [0, 0.05) is 6.54 Å². The highest BCUT2D eigenvalue weighted by Crippen LogP contribution is 2.04. The molecule has 1 fully saturated rings. The summed E-state index contributed by atoms with van der Waals surface area (Å²) in [6, 6.07) is 0.0761. The molecule has 1 heterocycles. The molecule has 0 aromatic carbocycles. The third-order valence-corrected chi connectivity index (χ3v) is 2.40. The van der Waals surface area contributed by atoms with E-state index >= 15 is 0 Å². The van der Waals surface area contributed by atoms with Crippen LogP contribution >= 0.6 is 0 Å². The quantitative estimate of drug-likeness (QED) is 0.681. The lowest BCUT2D eigenvalue weighted by Gasteiger charge is -2.11. The summed E-state index contributed by atoms with van der Waals surface area (Å²) < 4.78 is 0. The molecule has 13 heavy (non-hydrogen) atoms. The van der Waals surface area contributed by atoms with E-state index in [2.05, 4.69) is 24.5 Å². The second-order valence-corrected chi connectivity index (χ2v) is 4.12. The average molecular weight is 184 g/mol. The molecule has 0 bridgehead atoms. The van der Waals surface area contributed by atoms with Crippen molar-refractivity contribution < 1.29 is 4.79 Å². The lowest BCUT2D eigenvalue weighted by atomic mass is 10.1. The van der Waals surface area contributed by atoms with Crippen LogP contribution in [0, 0.1) is 5.92 Å². The highest BCUT2D eigenvalue weighted by atomic mass is 16.2. The lowest BCUT2D eigenvalue weighted by molar-refractivity contribution is -0.122. The van der Waals surface area contributed by atoms with Crippen molar-refractivity contribution in [1.82, 2.24) is 10.6 Å². The van der Waals surface area contributed by atoms with E-state index in [1.807, 2.05) is 0 Å². The summed E-state index contributed by atoms with van der Waals surface area (Å²) >= 11 is 0. The average Bonchev–Trinajstić information content (AvgIpc) is 2.55. The van der Waals surface area contributed by atoms with Gasteiger partial charge in [0.1, 0.15) is 0 Å². The molecule has 1 saturated heterocycles. The Bertz CT molecular complexity index is 162. The number of carbonyl (C=O) groups excluding carboxylic acids is 1. The Balaban J connectivity index is 2.10. The second kappa shape index (κ2) is 5.22. The van der Waals surface area contributed by atoms with Crippen molar-refractivity contribution in [1.29, 1.82) is 0 Å². The summed E-state index contributed by atoms with van der Waals surface area (Å²) in [5.74, 6) is 0.843. The van der Waals surface area contributed by atoms with Crippen LogP contribution in [0.15, 0.2) is 0 Å². The molecule has 0 radical (unpaired) electrons. The van der Waals surface area contributed by atoms with Gasteiger partial charge < -0.3 is 10.6 Å². The van der Waals surface area contributed by atoms with Crippen LogP contribution in [0.2, 0.25) is 0 Å². The standard InChI is InChI=1S/C10H20N2O/c1-8(2)5-7-12-10(13)9-4-3-6-11-9/h8-9,11H,3-7H2,1-2H3,(H,12,13)/t9-/m1/s1. The molecule has 0 aliphatic carbocycles. The minimum absolute atomic E-state index is 0.0761. The first-order valence-electron chi connectivity index (χ1n) is 5.21. The Hall–Kier alpha value is -0.570. The van der Waals surface area contributed by atoms with Crippen molar-refractivity contribution in [3.8, 4) is 0 Å². The molecule has 1 rings (SSSR count). The van der Waals surface area contributed by atoms with Crippen molar-refractivity contribution in [2.75, 3.05) is 13.1 Å². The Morgan fingerprint density at radius 2 is 2.38 bits per heavy atom. The van der Waals surface area contributed by atoms with Gasteiger partial charge in [-0.3, -0.25) is 4.79 Å². The molecule has 76 valence electrons. The van der Waals surface area contributed by atoms with Crippen LogP contribution in [0.5, 0.6) is 0 Å². The van der Waals surface area contributed by atoms with Crippen molar-refractivity contribution in [2.24, 2.45) is 5.92 Å². The van der Waals surface area contributed by atoms with Crippen LogP contribution in [0.25, 0.3) is 0 Å². The van der Waals surface area contributed by atoms with Gasteiger partial charge in [-0.05, 0) is 31.7 Å². The SMILES string of the molecule is CC(C)CCNC(=O)[C@H]1CCCN1. The van der Waals surface area contributed by atoms with E-state index < -0.39 is 0 Å². The lowest BCUT2D eigenvalue weighted by Crippen LogP contribution is -2.40. The molecule has 1 aliphatic heterocycles. The molecule has 2 N–H and O–H groups in total. The van der Waals surface area contributed by atoms with Gasteiger partial charge in [0.15, 0.2) is 0 Å². The molecule has 0 unspecified atom stereocenters. The van der Waals surface area contributed by atoms with Gasteiger partial charge >= 0.3 is 0 Å². The first-order chi connectivity index (χ1) is 6.20. The van der Waals surface area contributed by atoms with Crippen molar-refractivity contribution in [3.63, 3.8) is 0 Å². The number of rotatable bonds is 4. The first-order valence-corrected chi connectivity index (χ1v) is 5.21. The topological polar surface area (TPSA) is 41.1 Å². The molecule has 0 spiro atoms. The third-order valence-electron chi connectivity index (χ3n) is 2.40. The van der Waals surface area contributed by atoms with Crippen LogP contribution in [-0.4, -0.2) is 25.0 Å². The normalized spacial score (nSPS) is 22.2. The Kier molecular flexibility index (Phi) is 4.22. The minimum atomic E-state index is 0.0761. The van der Waals surface area contributed by atoms with E-state index in [9.17, 15) is 4.79 Å². The molecule has 1 atom stereocenters. The molecule has 0 aromatic heterocycles. The number of hydrogen-bond acceptors (Lipinski definition) is 2. The summed E-state index contributed by atoms with van der Waals surface area (Å²) in [6.07, 6.45) is 3.19. The zero-order valence-corrected chi connectivity index (χ0v) is 8.60. The molecular weight excluding hydrogens is 164 g/mol. The summed E-state index contributed by atoms with van der Waals surface area (Å²) in [4.78, 5) is 11.5. The van der Waals surface area contributed by atoms with Crippen LogP contribution in [-0.2, 0) is 4.79 Å². The summed E-state index contributed by atoms with van der Waals surface area (Å²) in [5, 5.41) is 6.14. The molecule has 1 amide bonds. The predicted molar refractivity (Wildman–Crippen MR) is 53.5 cm³/mol. The fraction of sp³-hybridized carbons (Fsp3) is 0.900. The molecule has 0 saturated carbocycles. The zero-order chi connectivity index (χ0) is 9.68. The maximum absolute atomic E-state index is 11.5. The molecule has 1 aliphatic rings. The minimum Gasteiger partial charge on any atom is -0.355 e. The number of carbonyl (C=O) groups is 1. The Morgan fingerprint density at radius 1 is 1.62 bits per heavy atom. The van der Waals surface area contributed by atoms with Gasteiger partial charge in [-0.15, -0.1) is 0 Å². The van der Waals surface area contributed by atoms with Gasteiger partial charge in [-0.25, -0.2) is 0 Å². The van der Waals surface area contributed by atoms with Crippen molar-refractivity contribution in [2.45, 2.75) is 39.2 Å². The zero-order valence-electron chi connectivity index (χ0n) is 8.60. The summed E-state index contributed by atoms with van der Waals surface area (Å²) in [5.41, 5.74) is 0. The largest absolute Gasteiger partial charge is 0.355 e. The molecule has 3 heteroatoms. The van der Waals surface area contributed by atoms with E-state index in [1.54, 1.807) is 0 Å². The molecule has 3 nitrogen and oxygen atoms in total. The van der Waals surface area contributed by atoms with E-state index in [4.69, 9.17) is 0 Å². The number of hydrogen-bond donors (Lipinski definition) is 2. The van der Waals surface area contributed by atoms with Gasteiger partial charge in [0.05, 0.1) is 6.04 Å². The van der Waals surface area contributed by atoms with Gasteiger partial charge in [-0.2, -0.15) is 0 Å². The van der Waals surface area contributed by atoms with E-state index in [0.717, 1.165) is 32.4 Å². The Morgan fingerprint density at radius 3 is 2.92 bits per heavy atom. The van der Waals surface area contributed by atoms with Crippen LogP contribution in [0.4, 0.5) is 0 Å². The monoisotopic (exact) mass is 184 g/mol. The van der Waals surface area contributed by atoms with Crippen LogP contribution < -0.4 is 10.6 Å². The summed E-state index contributed by atoms with van der Waals surface area (Å²) in [7, 11) is 0. The van der Waals surface area contributed by atoms with E-state index in [1.165, 1.54) is 0 Å². The van der Waals surface area contributed by atoms with Crippen LogP contribution in [0.1, 0.15) is 33.1 Å². The Labute approximate surface area is 80.3 Å². The fourth-order valence-corrected chi connectivity index (χ4v) is 1.52. The molecular formula is C10H20N2O. The fourth-order valence-electron chi connectivity index (χ4n) is 1.52. The number of amides is 1. The highest BCUT2D eigenvalue weighted by Gasteiger charge is 2.20. The second-order valence-electron chi connectivity index (χ2n) is 4.12. The van der Waals surface area contributed by atoms with Gasteiger partial charge in [0.2, 0.25) is 5.91 Å². The van der Waals surface area contributed by atoms with Gasteiger partial charge in [0.25, 0.3) is 0 Å². The van der Waals surface area contributed by atoms with Crippen molar-refractivity contribution >= 4 is 5.91 Å². The summed E-state index contributed by atoms with van der Waals surface area (Å²) in [6.45, 7) is 6.14. The van der Waals surface area contributed by atoms with Gasteiger partial charge in [-0.1, -0.05) is 13.8 Å². The maximum Gasteiger partial charge on any atom is 0.237 e. The van der Waals surface area contributed by atoms with Crippen molar-refractivity contribution in [3.05, 3.63) is 0 Å². The van der Waals surface area contributed by atoms with E-state index in [-0.39, 0.29) is 11.9 Å². The smallest absolute Gasteiger partial charge is 0.237 e. The van der Waals surface area contributed by atoms with Crippen LogP contribution in [0.3, 0.4) is 0 Å². The first kappa shape index (κ1) is 10.5. The predicted octanol–water partition coefficient (Wildman–Crippen LogP) is 0.901. The highest BCUT2D eigenvalue weighted by molar-refractivity contribution is 5.81. The number of nitrogens with one attached hydrogen (secondary N) is 2. The van der Waals surface area contributed by atoms with E-state index in [0.29, 0.717) is 5.92 Å². The maximum atomic E-state index is 11.5. The third kappa shape index (κ3) is 3.77. The molecule has 0 aromatic rings.